The average molecular weight is 434 g/mol. The number of fused-ring (bicyclic) bond motifs is 1. The van der Waals surface area contributed by atoms with E-state index in [0.29, 0.717) is 39.5 Å². The molecule has 2 aliphatic rings. The van der Waals surface area contributed by atoms with Crippen LogP contribution in [0.5, 0.6) is 0 Å². The first-order chi connectivity index (χ1) is 15.7. The average Bonchev–Trinajstić information content (AvgIpc) is 3.19. The number of nitrogens with zero attached hydrogens (tertiary/aromatic N) is 3. The fraction of sp³-hybridized carbons (Fsp3) is 0.462. The van der Waals surface area contributed by atoms with Crippen molar-refractivity contribution in [1.82, 2.24) is 14.3 Å². The van der Waals surface area contributed by atoms with Crippen molar-refractivity contribution >= 4 is 11.4 Å². The summed E-state index contributed by atoms with van der Waals surface area (Å²) in [6, 6.07) is 12.6. The molecular formula is C26H31N3O3. The van der Waals surface area contributed by atoms with E-state index in [1.54, 1.807) is 0 Å². The Morgan fingerprint density at radius 2 is 2.00 bits per heavy atom. The van der Waals surface area contributed by atoms with Crippen molar-refractivity contribution in [2.75, 3.05) is 39.5 Å². The summed E-state index contributed by atoms with van der Waals surface area (Å²) in [4.78, 5) is 20.8. The van der Waals surface area contributed by atoms with Crippen LogP contribution in [0.1, 0.15) is 29.7 Å². The lowest BCUT2D eigenvalue weighted by atomic mass is 9.72. The van der Waals surface area contributed by atoms with Gasteiger partial charge in [0.1, 0.15) is 0 Å². The van der Waals surface area contributed by atoms with Gasteiger partial charge < -0.3 is 18.8 Å². The zero-order valence-electron chi connectivity index (χ0n) is 18.7. The van der Waals surface area contributed by atoms with E-state index >= 15 is 0 Å². The SMILES string of the molecule is Cc1cccc(C2(C(=O)N3CCOC[C@H](Cc4nccn5cccc45)C3)CCOCC2)c1. The Kier molecular flexibility index (Phi) is 5.98. The first kappa shape index (κ1) is 21.2. The maximum absolute atomic E-state index is 14.1. The summed E-state index contributed by atoms with van der Waals surface area (Å²) in [5.74, 6) is 0.431. The van der Waals surface area contributed by atoms with Gasteiger partial charge in [0.25, 0.3) is 0 Å². The molecule has 3 aromatic rings. The Hall–Kier alpha value is -2.70. The van der Waals surface area contributed by atoms with Crippen molar-refractivity contribution in [2.24, 2.45) is 5.92 Å². The van der Waals surface area contributed by atoms with Crippen LogP contribution in [0.3, 0.4) is 0 Å². The molecule has 2 fully saturated rings. The first-order valence-electron chi connectivity index (χ1n) is 11.6. The molecular weight excluding hydrogens is 402 g/mol. The van der Waals surface area contributed by atoms with Crippen LogP contribution in [-0.2, 0) is 26.1 Å². The minimum absolute atomic E-state index is 0.212. The van der Waals surface area contributed by atoms with Gasteiger partial charge >= 0.3 is 0 Å². The molecule has 5 rings (SSSR count). The number of amides is 1. The standard InChI is InChI=1S/C26H31N3O3/c1-20-4-2-5-22(16-20)26(7-13-31-14-8-26)25(30)29-12-15-32-19-21(18-29)17-23-24-6-3-10-28(24)11-9-27-23/h2-6,9-11,16,21H,7-8,12-15,17-19H2,1H3/t21-/m1/s1. The van der Waals surface area contributed by atoms with E-state index in [9.17, 15) is 4.79 Å². The van der Waals surface area contributed by atoms with Gasteiger partial charge in [-0.1, -0.05) is 29.8 Å². The van der Waals surface area contributed by atoms with Gasteiger partial charge in [-0.05, 0) is 43.9 Å². The summed E-state index contributed by atoms with van der Waals surface area (Å²) in [7, 11) is 0. The quantitative estimate of drug-likeness (QED) is 0.633. The van der Waals surface area contributed by atoms with Gasteiger partial charge in [-0.25, -0.2) is 0 Å². The fourth-order valence-corrected chi connectivity index (χ4v) is 5.24. The summed E-state index contributed by atoms with van der Waals surface area (Å²) >= 11 is 0. The topological polar surface area (TPSA) is 56.1 Å². The zero-order valence-corrected chi connectivity index (χ0v) is 18.7. The maximum Gasteiger partial charge on any atom is 0.233 e. The van der Waals surface area contributed by atoms with Crippen LogP contribution >= 0.6 is 0 Å². The number of rotatable bonds is 4. The van der Waals surface area contributed by atoms with Crippen LogP contribution in [0.15, 0.2) is 55.0 Å². The number of aromatic nitrogens is 2. The van der Waals surface area contributed by atoms with Gasteiger partial charge in [-0.2, -0.15) is 0 Å². The predicted molar refractivity (Wildman–Crippen MR) is 123 cm³/mol. The molecule has 32 heavy (non-hydrogen) atoms. The van der Waals surface area contributed by atoms with E-state index in [0.717, 1.165) is 36.0 Å². The molecule has 168 valence electrons. The zero-order chi connectivity index (χ0) is 22.0. The highest BCUT2D eigenvalue weighted by Gasteiger charge is 2.44. The monoisotopic (exact) mass is 433 g/mol. The van der Waals surface area contributed by atoms with E-state index in [2.05, 4.69) is 46.6 Å². The third-order valence-corrected chi connectivity index (χ3v) is 6.97. The molecule has 2 saturated heterocycles. The van der Waals surface area contributed by atoms with Crippen LogP contribution in [0.2, 0.25) is 0 Å². The molecule has 0 N–H and O–H groups in total. The molecule has 0 bridgehead atoms. The third-order valence-electron chi connectivity index (χ3n) is 6.97. The summed E-state index contributed by atoms with van der Waals surface area (Å²) in [5.41, 5.74) is 3.96. The van der Waals surface area contributed by atoms with Crippen molar-refractivity contribution in [3.8, 4) is 0 Å². The number of aryl methyl sites for hydroxylation is 1. The molecule has 4 heterocycles. The highest BCUT2D eigenvalue weighted by molar-refractivity contribution is 5.88. The molecule has 0 radical (unpaired) electrons. The maximum atomic E-state index is 14.1. The van der Waals surface area contributed by atoms with Crippen molar-refractivity contribution in [2.45, 2.75) is 31.6 Å². The van der Waals surface area contributed by atoms with Gasteiger partial charge in [0.15, 0.2) is 0 Å². The number of ether oxygens (including phenoxy) is 2. The second-order valence-corrected chi connectivity index (χ2v) is 9.13. The fourth-order valence-electron chi connectivity index (χ4n) is 5.24. The third kappa shape index (κ3) is 4.05. The summed E-state index contributed by atoms with van der Waals surface area (Å²) in [5, 5.41) is 0. The molecule has 2 aromatic heterocycles. The number of carbonyl (C=O) groups is 1. The Labute approximate surface area is 189 Å². The first-order valence-corrected chi connectivity index (χ1v) is 11.6. The molecule has 0 saturated carbocycles. The van der Waals surface area contributed by atoms with Gasteiger partial charge in [0.05, 0.1) is 29.8 Å². The van der Waals surface area contributed by atoms with E-state index in [-0.39, 0.29) is 11.8 Å². The molecule has 1 aromatic carbocycles. The van der Waals surface area contributed by atoms with E-state index in [1.807, 2.05) is 29.6 Å². The molecule has 2 aliphatic heterocycles. The Morgan fingerprint density at radius 1 is 1.12 bits per heavy atom. The van der Waals surface area contributed by atoms with Gasteiger partial charge in [-0.3, -0.25) is 9.78 Å². The minimum Gasteiger partial charge on any atom is -0.381 e. The van der Waals surface area contributed by atoms with E-state index in [4.69, 9.17) is 9.47 Å². The summed E-state index contributed by atoms with van der Waals surface area (Å²) in [6.45, 7) is 5.87. The van der Waals surface area contributed by atoms with Crippen LogP contribution in [0.25, 0.3) is 5.52 Å². The normalized spacial score (nSPS) is 21.4. The smallest absolute Gasteiger partial charge is 0.233 e. The number of carbonyl (C=O) groups excluding carboxylic acids is 1. The van der Waals surface area contributed by atoms with Crippen molar-refractivity contribution in [1.29, 1.82) is 0 Å². The van der Waals surface area contributed by atoms with Crippen molar-refractivity contribution in [3.05, 3.63) is 71.8 Å². The highest BCUT2D eigenvalue weighted by atomic mass is 16.5. The minimum atomic E-state index is -0.515. The van der Waals surface area contributed by atoms with Crippen LogP contribution in [-0.4, -0.2) is 59.7 Å². The molecule has 6 heteroatoms. The predicted octanol–water partition coefficient (Wildman–Crippen LogP) is 3.41. The molecule has 6 nitrogen and oxygen atoms in total. The summed E-state index contributed by atoms with van der Waals surface area (Å²) in [6.07, 6.45) is 8.09. The van der Waals surface area contributed by atoms with E-state index < -0.39 is 5.41 Å². The Balaban J connectivity index is 1.40. The van der Waals surface area contributed by atoms with Crippen molar-refractivity contribution in [3.63, 3.8) is 0 Å². The van der Waals surface area contributed by atoms with Gasteiger partial charge in [0, 0.05) is 50.8 Å². The lowest BCUT2D eigenvalue weighted by molar-refractivity contribution is -0.141. The van der Waals surface area contributed by atoms with Crippen molar-refractivity contribution < 1.29 is 14.3 Å². The molecule has 1 atom stereocenters. The Morgan fingerprint density at radius 3 is 2.84 bits per heavy atom. The van der Waals surface area contributed by atoms with Gasteiger partial charge in [-0.15, -0.1) is 0 Å². The molecule has 1 amide bonds. The van der Waals surface area contributed by atoms with Crippen LogP contribution < -0.4 is 0 Å². The molecule has 0 unspecified atom stereocenters. The number of hydrogen-bond donors (Lipinski definition) is 0. The number of hydrogen-bond acceptors (Lipinski definition) is 4. The highest BCUT2D eigenvalue weighted by Crippen LogP contribution is 2.37. The Bertz CT molecular complexity index is 1090. The molecule has 0 spiro atoms. The second kappa shape index (κ2) is 9.04. The largest absolute Gasteiger partial charge is 0.381 e. The van der Waals surface area contributed by atoms with Gasteiger partial charge in [0.2, 0.25) is 5.91 Å². The lowest BCUT2D eigenvalue weighted by Crippen LogP contribution is -2.51. The van der Waals surface area contributed by atoms with Crippen LogP contribution in [0.4, 0.5) is 0 Å². The van der Waals surface area contributed by atoms with E-state index in [1.165, 1.54) is 5.56 Å². The summed E-state index contributed by atoms with van der Waals surface area (Å²) < 4.78 is 13.7. The van der Waals surface area contributed by atoms with Crippen LogP contribution in [0, 0.1) is 12.8 Å². The lowest BCUT2D eigenvalue weighted by Gasteiger charge is -2.40. The number of benzene rings is 1. The second-order valence-electron chi connectivity index (χ2n) is 9.13. The molecule has 0 aliphatic carbocycles.